The molecule has 1 heterocycles. The number of rotatable bonds is 4. The second kappa shape index (κ2) is 6.58. The van der Waals surface area contributed by atoms with E-state index in [4.69, 9.17) is 17.0 Å². The largest absolute Gasteiger partial charge is 0.494 e. The average Bonchev–Trinajstić information content (AvgIpc) is 2.68. The van der Waals surface area contributed by atoms with Gasteiger partial charge in [0.25, 0.3) is 0 Å². The molecule has 0 saturated carbocycles. The van der Waals surface area contributed by atoms with Crippen LogP contribution in [0, 0.1) is 13.8 Å². The van der Waals surface area contributed by atoms with Gasteiger partial charge in [0.15, 0.2) is 5.11 Å². The SMILES string of the molecule is CCOc1ccc(NC(=S)Nc2c(C)nn(C)c2C)cc1. The number of anilines is 2. The van der Waals surface area contributed by atoms with Crippen LogP contribution < -0.4 is 15.4 Å². The Balaban J connectivity index is 2.01. The maximum Gasteiger partial charge on any atom is 0.175 e. The number of thiocarbonyl (C=S) groups is 1. The normalized spacial score (nSPS) is 10.3. The first-order chi connectivity index (χ1) is 10.0. The highest BCUT2D eigenvalue weighted by Crippen LogP contribution is 2.19. The van der Waals surface area contributed by atoms with Crippen LogP contribution in [0.1, 0.15) is 18.3 Å². The summed E-state index contributed by atoms with van der Waals surface area (Å²) in [6.07, 6.45) is 0. The summed E-state index contributed by atoms with van der Waals surface area (Å²) in [6, 6.07) is 7.69. The van der Waals surface area contributed by atoms with E-state index in [0.29, 0.717) is 11.7 Å². The predicted molar refractivity (Wildman–Crippen MR) is 90.1 cm³/mol. The molecule has 0 aliphatic rings. The summed E-state index contributed by atoms with van der Waals surface area (Å²) >= 11 is 5.34. The lowest BCUT2D eigenvalue weighted by atomic mass is 10.3. The van der Waals surface area contributed by atoms with E-state index in [0.717, 1.165) is 28.5 Å². The standard InChI is InChI=1S/C15H20N4OS/c1-5-20-13-8-6-12(7-9-13)16-15(21)17-14-10(2)18-19(4)11(14)3/h6-9H,5H2,1-4H3,(H2,16,17,21). The first-order valence-electron chi connectivity index (χ1n) is 6.82. The molecule has 1 aromatic heterocycles. The van der Waals surface area contributed by atoms with E-state index in [1.54, 1.807) is 0 Å². The third-order valence-electron chi connectivity index (χ3n) is 3.17. The number of ether oxygens (including phenoxy) is 1. The summed E-state index contributed by atoms with van der Waals surface area (Å²) in [6.45, 7) is 6.58. The monoisotopic (exact) mass is 304 g/mol. The molecule has 112 valence electrons. The molecule has 0 spiro atoms. The Morgan fingerprint density at radius 2 is 1.90 bits per heavy atom. The van der Waals surface area contributed by atoms with Crippen molar-refractivity contribution in [2.75, 3.05) is 17.2 Å². The zero-order valence-corrected chi connectivity index (χ0v) is 13.5. The smallest absolute Gasteiger partial charge is 0.175 e. The van der Waals surface area contributed by atoms with Gasteiger partial charge in [0.2, 0.25) is 0 Å². The third-order valence-corrected chi connectivity index (χ3v) is 3.37. The van der Waals surface area contributed by atoms with Crippen LogP contribution in [-0.4, -0.2) is 21.5 Å². The molecule has 0 amide bonds. The van der Waals surface area contributed by atoms with Crippen molar-refractivity contribution in [3.63, 3.8) is 0 Å². The van der Waals surface area contributed by atoms with E-state index < -0.39 is 0 Å². The van der Waals surface area contributed by atoms with Crippen molar-refractivity contribution in [1.82, 2.24) is 9.78 Å². The average molecular weight is 304 g/mol. The van der Waals surface area contributed by atoms with Gasteiger partial charge in [0.1, 0.15) is 5.75 Å². The summed E-state index contributed by atoms with van der Waals surface area (Å²) < 4.78 is 7.24. The molecule has 0 unspecified atom stereocenters. The van der Waals surface area contributed by atoms with Crippen LogP contribution in [-0.2, 0) is 7.05 Å². The molecule has 0 aliphatic carbocycles. The van der Waals surface area contributed by atoms with Crippen LogP contribution >= 0.6 is 12.2 Å². The molecule has 2 aromatic rings. The van der Waals surface area contributed by atoms with Crippen molar-refractivity contribution >= 4 is 28.7 Å². The molecule has 0 aliphatic heterocycles. The second-order valence-electron chi connectivity index (χ2n) is 4.71. The van der Waals surface area contributed by atoms with Crippen molar-refractivity contribution in [3.8, 4) is 5.75 Å². The van der Waals surface area contributed by atoms with Crippen LogP contribution in [0.2, 0.25) is 0 Å². The molecular weight excluding hydrogens is 284 g/mol. The first kappa shape index (κ1) is 15.3. The number of aryl methyl sites for hydroxylation is 2. The Labute approximate surface area is 130 Å². The summed E-state index contributed by atoms with van der Waals surface area (Å²) in [5.41, 5.74) is 3.82. The fourth-order valence-electron chi connectivity index (χ4n) is 2.03. The van der Waals surface area contributed by atoms with Crippen molar-refractivity contribution in [2.24, 2.45) is 7.05 Å². The zero-order valence-electron chi connectivity index (χ0n) is 12.7. The van der Waals surface area contributed by atoms with Gasteiger partial charge in [-0.05, 0) is 57.3 Å². The third kappa shape index (κ3) is 3.72. The van der Waals surface area contributed by atoms with E-state index in [1.165, 1.54) is 0 Å². The summed E-state index contributed by atoms with van der Waals surface area (Å²) in [4.78, 5) is 0. The lowest BCUT2D eigenvalue weighted by molar-refractivity contribution is 0.340. The highest BCUT2D eigenvalue weighted by Gasteiger charge is 2.10. The van der Waals surface area contributed by atoms with Gasteiger partial charge in [-0.15, -0.1) is 0 Å². The number of hydrogen-bond donors (Lipinski definition) is 2. The summed E-state index contributed by atoms with van der Waals surface area (Å²) in [5.74, 6) is 0.848. The number of hydrogen-bond acceptors (Lipinski definition) is 3. The molecule has 2 N–H and O–H groups in total. The van der Waals surface area contributed by atoms with Crippen LogP contribution in [0.3, 0.4) is 0 Å². The Hall–Kier alpha value is -2.08. The molecule has 1 aromatic carbocycles. The maximum atomic E-state index is 5.41. The Kier molecular flexibility index (Phi) is 4.80. The van der Waals surface area contributed by atoms with E-state index >= 15 is 0 Å². The molecule has 0 radical (unpaired) electrons. The van der Waals surface area contributed by atoms with Crippen LogP contribution in [0.25, 0.3) is 0 Å². The molecule has 2 rings (SSSR count). The van der Waals surface area contributed by atoms with E-state index in [-0.39, 0.29) is 0 Å². The predicted octanol–water partition coefficient (Wildman–Crippen LogP) is 3.24. The quantitative estimate of drug-likeness (QED) is 0.849. The molecule has 0 bridgehead atoms. The lowest BCUT2D eigenvalue weighted by Crippen LogP contribution is -2.19. The van der Waals surface area contributed by atoms with Crippen molar-refractivity contribution in [3.05, 3.63) is 35.7 Å². The van der Waals surface area contributed by atoms with Gasteiger partial charge in [0, 0.05) is 12.7 Å². The fraction of sp³-hybridized carbons (Fsp3) is 0.333. The van der Waals surface area contributed by atoms with Crippen LogP contribution in [0.4, 0.5) is 11.4 Å². The minimum Gasteiger partial charge on any atom is -0.494 e. The minimum atomic E-state index is 0.540. The number of nitrogens with zero attached hydrogens (tertiary/aromatic N) is 2. The van der Waals surface area contributed by atoms with E-state index in [2.05, 4.69) is 15.7 Å². The van der Waals surface area contributed by atoms with Gasteiger partial charge in [-0.25, -0.2) is 0 Å². The van der Waals surface area contributed by atoms with Crippen molar-refractivity contribution in [2.45, 2.75) is 20.8 Å². The Bertz CT molecular complexity index is 634. The highest BCUT2D eigenvalue weighted by atomic mass is 32.1. The van der Waals surface area contributed by atoms with Crippen molar-refractivity contribution < 1.29 is 4.74 Å². The van der Waals surface area contributed by atoms with Gasteiger partial charge in [-0.3, -0.25) is 4.68 Å². The van der Waals surface area contributed by atoms with E-state index in [1.807, 2.05) is 56.8 Å². The fourth-order valence-corrected chi connectivity index (χ4v) is 2.25. The molecule has 0 saturated heterocycles. The number of benzene rings is 1. The number of aromatic nitrogens is 2. The molecular formula is C15H20N4OS. The lowest BCUT2D eigenvalue weighted by Gasteiger charge is -2.11. The van der Waals surface area contributed by atoms with E-state index in [9.17, 15) is 0 Å². The Morgan fingerprint density at radius 1 is 1.24 bits per heavy atom. The molecule has 5 nitrogen and oxygen atoms in total. The van der Waals surface area contributed by atoms with Gasteiger partial charge < -0.3 is 15.4 Å². The van der Waals surface area contributed by atoms with Crippen LogP contribution in [0.15, 0.2) is 24.3 Å². The van der Waals surface area contributed by atoms with Crippen molar-refractivity contribution in [1.29, 1.82) is 0 Å². The zero-order chi connectivity index (χ0) is 15.4. The van der Waals surface area contributed by atoms with Gasteiger partial charge in [-0.2, -0.15) is 5.10 Å². The molecule has 0 atom stereocenters. The minimum absolute atomic E-state index is 0.540. The molecule has 21 heavy (non-hydrogen) atoms. The van der Waals surface area contributed by atoms with Gasteiger partial charge >= 0.3 is 0 Å². The number of nitrogens with one attached hydrogen (secondary N) is 2. The van der Waals surface area contributed by atoms with Gasteiger partial charge in [-0.1, -0.05) is 0 Å². The second-order valence-corrected chi connectivity index (χ2v) is 5.11. The highest BCUT2D eigenvalue weighted by molar-refractivity contribution is 7.80. The molecule has 0 fully saturated rings. The molecule has 6 heteroatoms. The Morgan fingerprint density at radius 3 is 2.43 bits per heavy atom. The summed E-state index contributed by atoms with van der Waals surface area (Å²) in [5, 5.41) is 11.2. The van der Waals surface area contributed by atoms with Crippen LogP contribution in [0.5, 0.6) is 5.75 Å². The first-order valence-corrected chi connectivity index (χ1v) is 7.23. The topological polar surface area (TPSA) is 51.1 Å². The maximum absolute atomic E-state index is 5.41. The summed E-state index contributed by atoms with van der Waals surface area (Å²) in [7, 11) is 1.91. The van der Waals surface area contributed by atoms with Gasteiger partial charge in [0.05, 0.1) is 23.7 Å².